The van der Waals surface area contributed by atoms with Crippen LogP contribution in [-0.4, -0.2) is 16.7 Å². The molecule has 0 amide bonds. The maximum atomic E-state index is 7.57. The molecule has 0 saturated heterocycles. The summed E-state index contributed by atoms with van der Waals surface area (Å²) in [5, 5.41) is 7.57. The second-order valence-electron chi connectivity index (χ2n) is 1.57. The molecule has 1 rings (SSSR count). The summed E-state index contributed by atoms with van der Waals surface area (Å²) in [7, 11) is 0. The van der Waals surface area contributed by atoms with E-state index in [1.54, 1.807) is 19.2 Å². The lowest BCUT2D eigenvalue weighted by Gasteiger charge is -1.82. The van der Waals surface area contributed by atoms with E-state index in [9.17, 15) is 0 Å². The van der Waals surface area contributed by atoms with Crippen LogP contribution < -0.4 is 5.73 Å². The van der Waals surface area contributed by atoms with Gasteiger partial charge in [-0.1, -0.05) is 6.07 Å². The summed E-state index contributed by atoms with van der Waals surface area (Å²) in [5.41, 5.74) is 5.25. The SMILES string of the molecule is CCO.Nc1ccccn1. The molecule has 1 aromatic rings. The van der Waals surface area contributed by atoms with Gasteiger partial charge in [-0.15, -0.1) is 0 Å². The molecule has 0 radical (unpaired) electrons. The Labute approximate surface area is 60.5 Å². The van der Waals surface area contributed by atoms with E-state index in [2.05, 4.69) is 4.98 Å². The summed E-state index contributed by atoms with van der Waals surface area (Å²) >= 11 is 0. The van der Waals surface area contributed by atoms with Crippen LogP contribution in [-0.2, 0) is 0 Å². The molecule has 10 heavy (non-hydrogen) atoms. The number of nitrogen functional groups attached to an aromatic ring is 1. The van der Waals surface area contributed by atoms with Crippen LogP contribution in [0.4, 0.5) is 5.82 Å². The van der Waals surface area contributed by atoms with Gasteiger partial charge in [0.25, 0.3) is 0 Å². The first kappa shape index (κ1) is 8.91. The molecule has 0 bridgehead atoms. The van der Waals surface area contributed by atoms with E-state index in [0.717, 1.165) is 0 Å². The summed E-state index contributed by atoms with van der Waals surface area (Å²) in [6.07, 6.45) is 1.66. The summed E-state index contributed by atoms with van der Waals surface area (Å²) in [5.74, 6) is 0.572. The second kappa shape index (κ2) is 6.04. The van der Waals surface area contributed by atoms with Gasteiger partial charge in [-0.25, -0.2) is 4.98 Å². The van der Waals surface area contributed by atoms with Crippen molar-refractivity contribution in [3.8, 4) is 0 Å². The molecule has 0 unspecified atom stereocenters. The van der Waals surface area contributed by atoms with Crippen LogP contribution in [0.1, 0.15) is 6.92 Å². The summed E-state index contributed by atoms with van der Waals surface area (Å²) in [6.45, 7) is 1.93. The molecule has 0 spiro atoms. The average molecular weight is 140 g/mol. The fourth-order valence-corrected chi connectivity index (χ4v) is 0.376. The number of anilines is 1. The second-order valence-corrected chi connectivity index (χ2v) is 1.57. The van der Waals surface area contributed by atoms with Crippen LogP contribution in [0.5, 0.6) is 0 Å². The molecule has 1 aromatic heterocycles. The first-order chi connectivity index (χ1) is 4.81. The van der Waals surface area contributed by atoms with Gasteiger partial charge in [-0.2, -0.15) is 0 Å². The summed E-state index contributed by atoms with van der Waals surface area (Å²) < 4.78 is 0. The molecule has 0 aliphatic carbocycles. The Morgan fingerprint density at radius 2 is 2.20 bits per heavy atom. The minimum Gasteiger partial charge on any atom is -0.397 e. The molecule has 1 heterocycles. The molecule has 3 nitrogen and oxygen atoms in total. The standard InChI is InChI=1S/C5H6N2.C2H6O/c6-5-3-1-2-4-7-5;1-2-3/h1-4H,(H2,6,7);3H,2H2,1H3. The van der Waals surface area contributed by atoms with Crippen LogP contribution in [0.25, 0.3) is 0 Å². The van der Waals surface area contributed by atoms with Crippen molar-refractivity contribution in [3.63, 3.8) is 0 Å². The highest BCUT2D eigenvalue weighted by atomic mass is 16.2. The normalized spacial score (nSPS) is 7.80. The predicted octanol–water partition coefficient (Wildman–Crippen LogP) is 0.662. The molecule has 0 saturated carbocycles. The van der Waals surface area contributed by atoms with Crippen molar-refractivity contribution in [3.05, 3.63) is 24.4 Å². The van der Waals surface area contributed by atoms with Crippen molar-refractivity contribution in [1.82, 2.24) is 4.98 Å². The van der Waals surface area contributed by atoms with E-state index >= 15 is 0 Å². The number of aromatic nitrogens is 1. The number of aliphatic hydroxyl groups excluding tert-OH is 1. The number of nitrogens with zero attached hydrogens (tertiary/aromatic N) is 1. The van der Waals surface area contributed by atoms with Crippen molar-refractivity contribution < 1.29 is 5.11 Å². The molecule has 3 N–H and O–H groups in total. The molecule has 0 fully saturated rings. The molecule has 0 aliphatic heterocycles. The van der Waals surface area contributed by atoms with Crippen LogP contribution in [0, 0.1) is 0 Å². The van der Waals surface area contributed by atoms with Gasteiger partial charge in [0.15, 0.2) is 0 Å². The molecule has 56 valence electrons. The predicted molar refractivity (Wildman–Crippen MR) is 41.4 cm³/mol. The number of nitrogens with two attached hydrogens (primary N) is 1. The lowest BCUT2D eigenvalue weighted by atomic mass is 10.5. The van der Waals surface area contributed by atoms with Gasteiger partial charge in [-0.3, -0.25) is 0 Å². The van der Waals surface area contributed by atoms with Crippen LogP contribution in [0.2, 0.25) is 0 Å². The van der Waals surface area contributed by atoms with E-state index in [4.69, 9.17) is 10.8 Å². The van der Waals surface area contributed by atoms with Crippen LogP contribution in [0.3, 0.4) is 0 Å². The van der Waals surface area contributed by atoms with Crippen molar-refractivity contribution >= 4 is 5.82 Å². The topological polar surface area (TPSA) is 59.1 Å². The zero-order valence-electron chi connectivity index (χ0n) is 5.99. The Hall–Kier alpha value is -1.09. The Kier molecular flexibility index (Phi) is 5.38. The first-order valence-corrected chi connectivity index (χ1v) is 3.08. The highest BCUT2D eigenvalue weighted by Gasteiger charge is 1.73. The van der Waals surface area contributed by atoms with Crippen molar-refractivity contribution in [2.24, 2.45) is 0 Å². The Morgan fingerprint density at radius 1 is 1.60 bits per heavy atom. The molecule has 3 heteroatoms. The Bertz CT molecular complexity index is 153. The lowest BCUT2D eigenvalue weighted by molar-refractivity contribution is 0.318. The van der Waals surface area contributed by atoms with E-state index in [1.807, 2.05) is 12.1 Å². The monoisotopic (exact) mass is 140 g/mol. The number of hydrogen-bond acceptors (Lipinski definition) is 3. The molecular weight excluding hydrogens is 128 g/mol. The average Bonchev–Trinajstić information content (AvgIpc) is 1.91. The van der Waals surface area contributed by atoms with Gasteiger partial charge in [0.2, 0.25) is 0 Å². The third-order valence-electron chi connectivity index (χ3n) is 0.688. The molecule has 0 atom stereocenters. The fourth-order valence-electron chi connectivity index (χ4n) is 0.376. The van der Waals surface area contributed by atoms with Gasteiger partial charge in [-0.05, 0) is 19.1 Å². The Balaban J connectivity index is 0.000000236. The number of rotatable bonds is 0. The smallest absolute Gasteiger partial charge is 0.123 e. The largest absolute Gasteiger partial charge is 0.397 e. The van der Waals surface area contributed by atoms with E-state index in [1.165, 1.54) is 0 Å². The molecule has 0 aromatic carbocycles. The van der Waals surface area contributed by atoms with Crippen molar-refractivity contribution in [2.45, 2.75) is 6.92 Å². The molecular formula is C7H12N2O. The van der Waals surface area contributed by atoms with E-state index < -0.39 is 0 Å². The van der Waals surface area contributed by atoms with E-state index in [0.29, 0.717) is 5.82 Å². The van der Waals surface area contributed by atoms with Crippen molar-refractivity contribution in [1.29, 1.82) is 0 Å². The van der Waals surface area contributed by atoms with Gasteiger partial charge in [0.05, 0.1) is 0 Å². The third kappa shape index (κ3) is 5.05. The maximum Gasteiger partial charge on any atom is 0.123 e. The number of hydrogen-bond donors (Lipinski definition) is 2. The van der Waals surface area contributed by atoms with Gasteiger partial charge >= 0.3 is 0 Å². The fraction of sp³-hybridized carbons (Fsp3) is 0.286. The highest BCUT2D eigenvalue weighted by molar-refractivity contribution is 5.25. The summed E-state index contributed by atoms with van der Waals surface area (Å²) in [4.78, 5) is 3.76. The van der Waals surface area contributed by atoms with Gasteiger partial charge in [0.1, 0.15) is 5.82 Å². The van der Waals surface area contributed by atoms with Crippen molar-refractivity contribution in [2.75, 3.05) is 12.3 Å². The van der Waals surface area contributed by atoms with Crippen LogP contribution in [0.15, 0.2) is 24.4 Å². The molecule has 0 aliphatic rings. The van der Waals surface area contributed by atoms with Gasteiger partial charge < -0.3 is 10.8 Å². The Morgan fingerprint density at radius 3 is 2.40 bits per heavy atom. The number of pyridine rings is 1. The zero-order valence-corrected chi connectivity index (χ0v) is 5.99. The lowest BCUT2D eigenvalue weighted by Crippen LogP contribution is -1.85. The van der Waals surface area contributed by atoms with E-state index in [-0.39, 0.29) is 6.61 Å². The third-order valence-corrected chi connectivity index (χ3v) is 0.688. The number of aliphatic hydroxyl groups is 1. The minimum atomic E-state index is 0.250. The maximum absolute atomic E-state index is 7.57. The quantitative estimate of drug-likeness (QED) is 0.556. The van der Waals surface area contributed by atoms with Gasteiger partial charge in [0, 0.05) is 12.8 Å². The van der Waals surface area contributed by atoms with Crippen LogP contribution >= 0.6 is 0 Å². The minimum absolute atomic E-state index is 0.250. The summed E-state index contributed by atoms with van der Waals surface area (Å²) in [6, 6.07) is 5.43. The first-order valence-electron chi connectivity index (χ1n) is 3.08. The highest BCUT2D eigenvalue weighted by Crippen LogP contribution is 1.89. The zero-order chi connectivity index (χ0) is 7.82.